The van der Waals surface area contributed by atoms with Crippen molar-refractivity contribution in [3.05, 3.63) is 28.3 Å². The molecule has 1 aromatic carbocycles. The van der Waals surface area contributed by atoms with Crippen molar-refractivity contribution in [2.45, 2.75) is 19.4 Å². The van der Waals surface area contributed by atoms with Crippen LogP contribution in [0.25, 0.3) is 0 Å². The zero-order valence-electron chi connectivity index (χ0n) is 12.7. The lowest BCUT2D eigenvalue weighted by Crippen LogP contribution is -2.26. The van der Waals surface area contributed by atoms with Gasteiger partial charge in [0.25, 0.3) is 0 Å². The number of anilines is 2. The molecule has 0 fully saturated rings. The summed E-state index contributed by atoms with van der Waals surface area (Å²) in [6.07, 6.45) is 0.732. The van der Waals surface area contributed by atoms with E-state index in [-0.39, 0.29) is 16.7 Å². The van der Waals surface area contributed by atoms with E-state index < -0.39 is 0 Å². The van der Waals surface area contributed by atoms with E-state index in [1.54, 1.807) is 32.4 Å². The standard InChI is InChI=1S/C14H23N3O4/c1-4-8-15-12-6-5-7-13(14(12)17(18)19)16-9-11(21-3)10-20-2/h5-7,11,15-16H,4,8-10H2,1-3H3. The summed E-state index contributed by atoms with van der Waals surface area (Å²) in [6, 6.07) is 5.18. The molecule has 0 saturated carbocycles. The third-order valence-electron chi connectivity index (χ3n) is 2.99. The minimum Gasteiger partial charge on any atom is -0.382 e. The first-order chi connectivity index (χ1) is 10.1. The van der Waals surface area contributed by atoms with Crippen molar-refractivity contribution in [3.63, 3.8) is 0 Å². The zero-order valence-corrected chi connectivity index (χ0v) is 12.7. The second-order valence-corrected chi connectivity index (χ2v) is 4.58. The van der Waals surface area contributed by atoms with Crippen LogP contribution in [0.3, 0.4) is 0 Å². The molecule has 0 spiro atoms. The number of nitro benzene ring substituents is 1. The second-order valence-electron chi connectivity index (χ2n) is 4.58. The Morgan fingerprint density at radius 3 is 2.48 bits per heavy atom. The van der Waals surface area contributed by atoms with Crippen LogP contribution >= 0.6 is 0 Å². The van der Waals surface area contributed by atoms with Crippen molar-refractivity contribution in [1.29, 1.82) is 0 Å². The Hall–Kier alpha value is -1.86. The molecule has 2 N–H and O–H groups in total. The molecular weight excluding hydrogens is 274 g/mol. The van der Waals surface area contributed by atoms with Crippen molar-refractivity contribution in [2.75, 3.05) is 44.5 Å². The molecule has 1 rings (SSSR count). The van der Waals surface area contributed by atoms with Gasteiger partial charge in [-0.1, -0.05) is 13.0 Å². The number of benzene rings is 1. The Morgan fingerprint density at radius 2 is 1.95 bits per heavy atom. The second kappa shape index (κ2) is 9.15. The van der Waals surface area contributed by atoms with E-state index in [0.717, 1.165) is 6.42 Å². The van der Waals surface area contributed by atoms with Crippen molar-refractivity contribution in [1.82, 2.24) is 0 Å². The highest BCUT2D eigenvalue weighted by Gasteiger charge is 2.20. The summed E-state index contributed by atoms with van der Waals surface area (Å²) in [5.74, 6) is 0. The van der Waals surface area contributed by atoms with Gasteiger partial charge in [0.15, 0.2) is 0 Å². The average molecular weight is 297 g/mol. The molecule has 1 aromatic rings. The Labute approximate surface area is 124 Å². The third-order valence-corrected chi connectivity index (χ3v) is 2.99. The van der Waals surface area contributed by atoms with Crippen molar-refractivity contribution >= 4 is 17.1 Å². The molecular formula is C14H23N3O4. The first kappa shape index (κ1) is 17.2. The maximum atomic E-state index is 11.3. The van der Waals surface area contributed by atoms with Gasteiger partial charge in [-0.15, -0.1) is 0 Å². The lowest BCUT2D eigenvalue weighted by atomic mass is 10.2. The van der Waals surface area contributed by atoms with E-state index in [4.69, 9.17) is 9.47 Å². The number of methoxy groups -OCH3 is 2. The Balaban J connectivity index is 2.87. The smallest absolute Gasteiger partial charge is 0.315 e. The Morgan fingerprint density at radius 1 is 1.29 bits per heavy atom. The molecule has 118 valence electrons. The van der Waals surface area contributed by atoms with Crippen molar-refractivity contribution in [3.8, 4) is 0 Å². The highest BCUT2D eigenvalue weighted by molar-refractivity contribution is 5.76. The molecule has 0 heterocycles. The number of rotatable bonds is 10. The normalized spacial score (nSPS) is 12.0. The lowest BCUT2D eigenvalue weighted by Gasteiger charge is -2.16. The van der Waals surface area contributed by atoms with Crippen molar-refractivity contribution in [2.24, 2.45) is 0 Å². The molecule has 7 nitrogen and oxygen atoms in total. The van der Waals surface area contributed by atoms with Gasteiger partial charge in [0, 0.05) is 27.3 Å². The molecule has 7 heteroatoms. The molecule has 1 unspecified atom stereocenters. The number of nitrogens with zero attached hydrogens (tertiary/aromatic N) is 1. The molecule has 0 radical (unpaired) electrons. The maximum Gasteiger partial charge on any atom is 0.315 e. The molecule has 0 aliphatic heterocycles. The van der Waals surface area contributed by atoms with E-state index >= 15 is 0 Å². The largest absolute Gasteiger partial charge is 0.382 e. The predicted molar refractivity (Wildman–Crippen MR) is 83.0 cm³/mol. The molecule has 0 aliphatic rings. The van der Waals surface area contributed by atoms with Crippen LogP contribution in [0.1, 0.15) is 13.3 Å². The fourth-order valence-corrected chi connectivity index (χ4v) is 1.91. The van der Waals surface area contributed by atoms with E-state index in [9.17, 15) is 10.1 Å². The van der Waals surface area contributed by atoms with Gasteiger partial charge in [-0.25, -0.2) is 0 Å². The van der Waals surface area contributed by atoms with E-state index in [2.05, 4.69) is 10.6 Å². The maximum absolute atomic E-state index is 11.3. The van der Waals surface area contributed by atoms with Gasteiger partial charge in [0.2, 0.25) is 0 Å². The van der Waals surface area contributed by atoms with Gasteiger partial charge in [0.05, 0.1) is 17.6 Å². The molecule has 0 bridgehead atoms. The summed E-state index contributed by atoms with van der Waals surface area (Å²) in [6.45, 7) is 3.55. The summed E-state index contributed by atoms with van der Waals surface area (Å²) in [7, 11) is 3.17. The van der Waals surface area contributed by atoms with E-state index in [1.807, 2.05) is 6.92 Å². The van der Waals surface area contributed by atoms with Crippen LogP contribution in [-0.2, 0) is 9.47 Å². The SMILES string of the molecule is CCCNc1cccc(NCC(COC)OC)c1[N+](=O)[O-]. The Bertz CT molecular complexity index is 454. The number of nitrogens with one attached hydrogen (secondary N) is 2. The van der Waals surface area contributed by atoms with Gasteiger partial charge < -0.3 is 20.1 Å². The van der Waals surface area contributed by atoms with Gasteiger partial charge >= 0.3 is 5.69 Å². The molecule has 0 amide bonds. The minimum absolute atomic E-state index is 0.0539. The summed E-state index contributed by atoms with van der Waals surface area (Å²) in [5.41, 5.74) is 1.05. The van der Waals surface area contributed by atoms with E-state index in [1.165, 1.54) is 0 Å². The number of hydrogen-bond acceptors (Lipinski definition) is 6. The molecule has 0 aromatic heterocycles. The van der Waals surface area contributed by atoms with Crippen LogP contribution < -0.4 is 10.6 Å². The Kier molecular flexibility index (Phi) is 7.49. The number of para-hydroxylation sites is 1. The summed E-state index contributed by atoms with van der Waals surface area (Å²) < 4.78 is 10.3. The molecule has 0 aliphatic carbocycles. The minimum atomic E-state index is -0.377. The van der Waals surface area contributed by atoms with Gasteiger partial charge in [-0.3, -0.25) is 10.1 Å². The fraction of sp³-hybridized carbons (Fsp3) is 0.571. The summed E-state index contributed by atoms with van der Waals surface area (Å²) >= 11 is 0. The lowest BCUT2D eigenvalue weighted by molar-refractivity contribution is -0.383. The highest BCUT2D eigenvalue weighted by atomic mass is 16.6. The van der Waals surface area contributed by atoms with Crippen LogP contribution in [0, 0.1) is 10.1 Å². The van der Waals surface area contributed by atoms with Crippen molar-refractivity contribution < 1.29 is 14.4 Å². The van der Waals surface area contributed by atoms with Gasteiger partial charge in [0.1, 0.15) is 11.4 Å². The first-order valence-corrected chi connectivity index (χ1v) is 6.90. The number of nitro groups is 1. The van der Waals surface area contributed by atoms with Gasteiger partial charge in [-0.05, 0) is 18.6 Å². The average Bonchev–Trinajstić information content (AvgIpc) is 2.48. The monoisotopic (exact) mass is 297 g/mol. The van der Waals surface area contributed by atoms with Crippen LogP contribution in [0.4, 0.5) is 17.1 Å². The fourth-order valence-electron chi connectivity index (χ4n) is 1.91. The molecule has 1 atom stereocenters. The van der Waals surface area contributed by atoms with Crippen LogP contribution in [0.5, 0.6) is 0 Å². The highest BCUT2D eigenvalue weighted by Crippen LogP contribution is 2.32. The number of ether oxygens (including phenoxy) is 2. The van der Waals surface area contributed by atoms with Crippen LogP contribution in [-0.4, -0.2) is 44.9 Å². The van der Waals surface area contributed by atoms with E-state index in [0.29, 0.717) is 31.1 Å². The summed E-state index contributed by atoms with van der Waals surface area (Å²) in [4.78, 5) is 10.9. The van der Waals surface area contributed by atoms with Crippen LogP contribution in [0.2, 0.25) is 0 Å². The summed E-state index contributed by atoms with van der Waals surface area (Å²) in [5, 5.41) is 17.4. The topological polar surface area (TPSA) is 85.7 Å². The van der Waals surface area contributed by atoms with Crippen LogP contribution in [0.15, 0.2) is 18.2 Å². The molecule has 0 saturated heterocycles. The third kappa shape index (κ3) is 5.20. The zero-order chi connectivity index (χ0) is 15.7. The predicted octanol–water partition coefficient (Wildman–Crippen LogP) is 2.49. The molecule has 21 heavy (non-hydrogen) atoms. The van der Waals surface area contributed by atoms with Gasteiger partial charge in [-0.2, -0.15) is 0 Å². The number of hydrogen-bond donors (Lipinski definition) is 2. The first-order valence-electron chi connectivity index (χ1n) is 6.90. The quantitative estimate of drug-likeness (QED) is 0.510.